The van der Waals surface area contributed by atoms with Gasteiger partial charge in [-0.15, -0.1) is 0 Å². The van der Waals surface area contributed by atoms with Crippen molar-refractivity contribution in [2.45, 2.75) is 52.5 Å². The van der Waals surface area contributed by atoms with Crippen LogP contribution in [-0.4, -0.2) is 18.0 Å². The number of anilines is 1. The van der Waals surface area contributed by atoms with Gasteiger partial charge in [0.15, 0.2) is 0 Å². The zero-order valence-electron chi connectivity index (χ0n) is 12.0. The Bertz CT molecular complexity index is 305. The van der Waals surface area contributed by atoms with E-state index in [0.717, 1.165) is 12.2 Å². The van der Waals surface area contributed by atoms with Crippen molar-refractivity contribution in [3.8, 4) is 0 Å². The van der Waals surface area contributed by atoms with Gasteiger partial charge in [-0.3, -0.25) is 4.90 Å². The second kappa shape index (κ2) is 8.98. The molecule has 0 radical (unpaired) electrons. The Morgan fingerprint density at radius 3 is 2.22 bits per heavy atom. The number of hydrogen-bond donors (Lipinski definition) is 1. The predicted octanol–water partition coefficient (Wildman–Crippen LogP) is 4.06. The monoisotopic (exact) mass is 248 g/mol. The highest BCUT2D eigenvalue weighted by molar-refractivity contribution is 5.39. The lowest BCUT2D eigenvalue weighted by molar-refractivity contribution is 0.259. The van der Waals surface area contributed by atoms with Crippen LogP contribution >= 0.6 is 0 Å². The number of hydrogen-bond acceptors (Lipinski definition) is 2. The highest BCUT2D eigenvalue weighted by Crippen LogP contribution is 2.10. The third-order valence-electron chi connectivity index (χ3n) is 3.25. The third-order valence-corrected chi connectivity index (χ3v) is 3.25. The Balaban J connectivity index is 2.38. The molecule has 1 aromatic rings. The first kappa shape index (κ1) is 15.0. The second-order valence-corrected chi connectivity index (χ2v) is 5.08. The standard InChI is InChI=1S/C16H28N2/c1-3-5-6-7-13-18(12-4-2)14-15-8-10-16(17)11-9-15/h8-11H,3-7,12-14,17H2,1-2H3. The van der Waals surface area contributed by atoms with Crippen molar-refractivity contribution in [2.75, 3.05) is 18.8 Å². The summed E-state index contributed by atoms with van der Waals surface area (Å²) in [6, 6.07) is 8.28. The average Bonchev–Trinajstić information content (AvgIpc) is 2.37. The highest BCUT2D eigenvalue weighted by atomic mass is 15.1. The molecule has 0 aliphatic heterocycles. The largest absolute Gasteiger partial charge is 0.399 e. The van der Waals surface area contributed by atoms with E-state index in [1.54, 1.807) is 0 Å². The van der Waals surface area contributed by atoms with Gasteiger partial charge in [-0.05, 0) is 43.6 Å². The van der Waals surface area contributed by atoms with Crippen molar-refractivity contribution in [3.63, 3.8) is 0 Å². The molecule has 0 aromatic heterocycles. The van der Waals surface area contributed by atoms with Crippen LogP contribution in [0.5, 0.6) is 0 Å². The molecule has 1 aromatic carbocycles. The van der Waals surface area contributed by atoms with Crippen LogP contribution in [0, 0.1) is 0 Å². The maximum absolute atomic E-state index is 5.72. The van der Waals surface area contributed by atoms with Gasteiger partial charge in [0.2, 0.25) is 0 Å². The third kappa shape index (κ3) is 6.06. The summed E-state index contributed by atoms with van der Waals surface area (Å²) in [5.41, 5.74) is 7.94. The van der Waals surface area contributed by atoms with Crippen LogP contribution in [0.2, 0.25) is 0 Å². The number of nitrogen functional groups attached to an aromatic ring is 1. The molecule has 18 heavy (non-hydrogen) atoms. The second-order valence-electron chi connectivity index (χ2n) is 5.08. The van der Waals surface area contributed by atoms with Crippen molar-refractivity contribution >= 4 is 5.69 Å². The summed E-state index contributed by atoms with van der Waals surface area (Å²) in [4.78, 5) is 2.56. The first-order chi connectivity index (χ1) is 8.76. The van der Waals surface area contributed by atoms with Gasteiger partial charge in [0.05, 0.1) is 0 Å². The fraction of sp³-hybridized carbons (Fsp3) is 0.625. The van der Waals surface area contributed by atoms with Gasteiger partial charge >= 0.3 is 0 Å². The van der Waals surface area contributed by atoms with E-state index in [1.807, 2.05) is 12.1 Å². The number of benzene rings is 1. The molecule has 1 rings (SSSR count). The molecule has 0 atom stereocenters. The Labute approximate surface area is 112 Å². The summed E-state index contributed by atoms with van der Waals surface area (Å²) in [7, 11) is 0. The summed E-state index contributed by atoms with van der Waals surface area (Å²) < 4.78 is 0. The number of nitrogens with zero attached hydrogens (tertiary/aromatic N) is 1. The molecule has 0 aliphatic rings. The normalized spacial score (nSPS) is 11.1. The Kier molecular flexibility index (Phi) is 7.51. The Morgan fingerprint density at radius 2 is 1.61 bits per heavy atom. The molecule has 0 heterocycles. The fourth-order valence-electron chi connectivity index (χ4n) is 2.23. The predicted molar refractivity (Wildman–Crippen MR) is 80.6 cm³/mol. The van der Waals surface area contributed by atoms with Gasteiger partial charge in [-0.25, -0.2) is 0 Å². The minimum atomic E-state index is 0.851. The molecule has 2 N–H and O–H groups in total. The maximum Gasteiger partial charge on any atom is 0.0314 e. The molecule has 0 saturated heterocycles. The molecule has 0 aliphatic carbocycles. The molecule has 0 amide bonds. The van der Waals surface area contributed by atoms with Gasteiger partial charge < -0.3 is 5.73 Å². The zero-order chi connectivity index (χ0) is 13.2. The quantitative estimate of drug-likeness (QED) is 0.527. The van der Waals surface area contributed by atoms with Gasteiger partial charge in [0, 0.05) is 12.2 Å². The van der Waals surface area contributed by atoms with Crippen molar-refractivity contribution in [3.05, 3.63) is 29.8 Å². The van der Waals surface area contributed by atoms with E-state index in [0.29, 0.717) is 0 Å². The maximum atomic E-state index is 5.72. The van der Waals surface area contributed by atoms with E-state index >= 15 is 0 Å². The molecule has 0 saturated carbocycles. The van der Waals surface area contributed by atoms with Crippen molar-refractivity contribution < 1.29 is 0 Å². The van der Waals surface area contributed by atoms with Crippen LogP contribution in [0.1, 0.15) is 51.5 Å². The molecule has 2 nitrogen and oxygen atoms in total. The fourth-order valence-corrected chi connectivity index (χ4v) is 2.23. The lowest BCUT2D eigenvalue weighted by Gasteiger charge is -2.21. The molecule has 2 heteroatoms. The summed E-state index contributed by atoms with van der Waals surface area (Å²) in [5.74, 6) is 0. The SMILES string of the molecule is CCCCCCN(CCC)Cc1ccc(N)cc1. The van der Waals surface area contributed by atoms with E-state index in [2.05, 4.69) is 30.9 Å². The van der Waals surface area contributed by atoms with Gasteiger partial charge in [-0.1, -0.05) is 45.2 Å². The van der Waals surface area contributed by atoms with E-state index in [-0.39, 0.29) is 0 Å². The smallest absolute Gasteiger partial charge is 0.0314 e. The molecular formula is C16H28N2. The summed E-state index contributed by atoms with van der Waals surface area (Å²) in [6.07, 6.45) is 6.58. The minimum Gasteiger partial charge on any atom is -0.399 e. The van der Waals surface area contributed by atoms with E-state index < -0.39 is 0 Å². The topological polar surface area (TPSA) is 29.3 Å². The molecule has 0 spiro atoms. The van der Waals surface area contributed by atoms with Crippen LogP contribution in [0.4, 0.5) is 5.69 Å². The van der Waals surface area contributed by atoms with Crippen LogP contribution in [0.15, 0.2) is 24.3 Å². The molecule has 0 fully saturated rings. The van der Waals surface area contributed by atoms with Crippen molar-refractivity contribution in [2.24, 2.45) is 0 Å². The molecule has 102 valence electrons. The van der Waals surface area contributed by atoms with E-state index in [4.69, 9.17) is 5.73 Å². The van der Waals surface area contributed by atoms with E-state index in [9.17, 15) is 0 Å². The number of unbranched alkanes of at least 4 members (excludes halogenated alkanes) is 3. The average molecular weight is 248 g/mol. The molecular weight excluding hydrogens is 220 g/mol. The van der Waals surface area contributed by atoms with Crippen molar-refractivity contribution in [1.82, 2.24) is 4.90 Å². The molecule has 0 unspecified atom stereocenters. The number of nitrogens with two attached hydrogens (primary N) is 1. The van der Waals surface area contributed by atoms with E-state index in [1.165, 1.54) is 50.8 Å². The van der Waals surface area contributed by atoms with Gasteiger partial charge in [-0.2, -0.15) is 0 Å². The summed E-state index contributed by atoms with van der Waals surface area (Å²) in [6.45, 7) is 7.98. The lowest BCUT2D eigenvalue weighted by Crippen LogP contribution is -2.25. The highest BCUT2D eigenvalue weighted by Gasteiger charge is 2.04. The Morgan fingerprint density at radius 1 is 0.889 bits per heavy atom. The molecule has 0 bridgehead atoms. The first-order valence-electron chi connectivity index (χ1n) is 7.33. The van der Waals surface area contributed by atoms with Gasteiger partial charge in [0.25, 0.3) is 0 Å². The van der Waals surface area contributed by atoms with Crippen molar-refractivity contribution in [1.29, 1.82) is 0 Å². The minimum absolute atomic E-state index is 0.851. The van der Waals surface area contributed by atoms with Crippen LogP contribution in [-0.2, 0) is 6.54 Å². The first-order valence-corrected chi connectivity index (χ1v) is 7.33. The summed E-state index contributed by atoms with van der Waals surface area (Å²) >= 11 is 0. The Hall–Kier alpha value is -1.02. The lowest BCUT2D eigenvalue weighted by atomic mass is 10.1. The summed E-state index contributed by atoms with van der Waals surface area (Å²) in [5, 5.41) is 0. The van der Waals surface area contributed by atoms with Gasteiger partial charge in [0.1, 0.15) is 0 Å². The van der Waals surface area contributed by atoms with Crippen LogP contribution < -0.4 is 5.73 Å². The number of rotatable bonds is 9. The van der Waals surface area contributed by atoms with Crippen LogP contribution in [0.3, 0.4) is 0 Å². The zero-order valence-corrected chi connectivity index (χ0v) is 12.0. The van der Waals surface area contributed by atoms with Crippen LogP contribution in [0.25, 0.3) is 0 Å².